The van der Waals surface area contributed by atoms with Crippen molar-refractivity contribution in [2.24, 2.45) is 0 Å². The molecule has 0 N–H and O–H groups in total. The highest BCUT2D eigenvalue weighted by molar-refractivity contribution is 6.31. The Bertz CT molecular complexity index is 522. The van der Waals surface area contributed by atoms with E-state index >= 15 is 0 Å². The number of nitrogens with zero attached hydrogens (tertiary/aromatic N) is 2. The number of hydrogen-bond acceptors (Lipinski definition) is 2. The van der Waals surface area contributed by atoms with Gasteiger partial charge in [0.15, 0.2) is 0 Å². The van der Waals surface area contributed by atoms with Crippen LogP contribution < -0.4 is 0 Å². The maximum absolute atomic E-state index is 5.93. The zero-order valence-electron chi connectivity index (χ0n) is 8.33. The fourth-order valence-corrected chi connectivity index (χ4v) is 2.25. The Labute approximate surface area is 93.3 Å². The van der Waals surface area contributed by atoms with Gasteiger partial charge < -0.3 is 0 Å². The molecular weight excluding hydrogens is 208 g/mol. The largest absolute Gasteiger partial charge is 0.249 e. The van der Waals surface area contributed by atoms with Crippen molar-refractivity contribution in [3.05, 3.63) is 34.6 Å². The average molecular weight is 219 g/mol. The van der Waals surface area contributed by atoms with Crippen LogP contribution in [0.1, 0.15) is 24.2 Å². The lowest BCUT2D eigenvalue weighted by molar-refractivity contribution is 0.655. The van der Waals surface area contributed by atoms with Crippen LogP contribution in [-0.4, -0.2) is 9.97 Å². The summed E-state index contributed by atoms with van der Waals surface area (Å²) in [5, 5.41) is 0.729. The van der Waals surface area contributed by atoms with Crippen LogP contribution >= 0.6 is 11.6 Å². The van der Waals surface area contributed by atoms with Gasteiger partial charge in [-0.05, 0) is 43.9 Å². The Kier molecular flexibility index (Phi) is 2.10. The third-order valence-corrected chi connectivity index (χ3v) is 3.09. The maximum Gasteiger partial charge on any atom is 0.0905 e. The van der Waals surface area contributed by atoms with Crippen LogP contribution in [0.3, 0.4) is 0 Å². The van der Waals surface area contributed by atoms with E-state index in [-0.39, 0.29) is 0 Å². The monoisotopic (exact) mass is 218 g/mol. The molecule has 1 aromatic carbocycles. The highest BCUT2D eigenvalue weighted by Gasteiger charge is 2.13. The lowest BCUT2D eigenvalue weighted by atomic mass is 10.0. The van der Waals surface area contributed by atoms with E-state index in [2.05, 4.69) is 9.97 Å². The van der Waals surface area contributed by atoms with E-state index in [1.165, 1.54) is 18.5 Å². The Morgan fingerprint density at radius 2 is 1.60 bits per heavy atom. The molecule has 1 aromatic heterocycles. The number of hydrogen-bond donors (Lipinski definition) is 0. The summed E-state index contributed by atoms with van der Waals surface area (Å²) in [6.07, 6.45) is 4.60. The third-order valence-electron chi connectivity index (χ3n) is 2.86. The zero-order valence-corrected chi connectivity index (χ0v) is 9.09. The molecule has 1 heterocycles. The Morgan fingerprint density at radius 3 is 2.33 bits per heavy atom. The molecule has 1 aliphatic carbocycles. The van der Waals surface area contributed by atoms with Gasteiger partial charge in [-0.1, -0.05) is 11.6 Å². The van der Waals surface area contributed by atoms with E-state index in [1.54, 1.807) is 0 Å². The van der Waals surface area contributed by atoms with Crippen LogP contribution in [0.2, 0.25) is 5.02 Å². The maximum atomic E-state index is 5.93. The predicted molar refractivity (Wildman–Crippen MR) is 61.2 cm³/mol. The van der Waals surface area contributed by atoms with Crippen molar-refractivity contribution in [3.63, 3.8) is 0 Å². The first-order chi connectivity index (χ1) is 7.33. The number of aryl methyl sites for hydroxylation is 2. The molecule has 3 heteroatoms. The van der Waals surface area contributed by atoms with Gasteiger partial charge in [0.25, 0.3) is 0 Å². The summed E-state index contributed by atoms with van der Waals surface area (Å²) in [5.74, 6) is 0. The molecule has 0 unspecified atom stereocenters. The predicted octanol–water partition coefficient (Wildman–Crippen LogP) is 3.16. The normalized spacial score (nSPS) is 15.3. The van der Waals surface area contributed by atoms with Crippen LogP contribution in [0.5, 0.6) is 0 Å². The van der Waals surface area contributed by atoms with Crippen molar-refractivity contribution in [1.82, 2.24) is 9.97 Å². The first-order valence-electron chi connectivity index (χ1n) is 5.28. The van der Waals surface area contributed by atoms with Crippen molar-refractivity contribution >= 4 is 22.6 Å². The molecule has 0 atom stereocenters. The van der Waals surface area contributed by atoms with Crippen LogP contribution in [0.4, 0.5) is 0 Å². The minimum absolute atomic E-state index is 0.729. The second-order valence-electron chi connectivity index (χ2n) is 3.96. The summed E-state index contributed by atoms with van der Waals surface area (Å²) in [6, 6.07) is 5.70. The Morgan fingerprint density at radius 1 is 0.933 bits per heavy atom. The molecule has 2 nitrogen and oxygen atoms in total. The highest BCUT2D eigenvalue weighted by Crippen LogP contribution is 2.22. The number of fused-ring (bicyclic) bond motifs is 2. The summed E-state index contributed by atoms with van der Waals surface area (Å²) in [4.78, 5) is 9.27. The summed E-state index contributed by atoms with van der Waals surface area (Å²) in [5.41, 5.74) is 4.22. The van der Waals surface area contributed by atoms with Crippen molar-refractivity contribution in [2.45, 2.75) is 25.7 Å². The van der Waals surface area contributed by atoms with Gasteiger partial charge in [-0.2, -0.15) is 0 Å². The minimum atomic E-state index is 0.729. The number of rotatable bonds is 0. The summed E-state index contributed by atoms with van der Waals surface area (Å²) < 4.78 is 0. The van der Waals surface area contributed by atoms with Crippen LogP contribution in [0.15, 0.2) is 18.2 Å². The second kappa shape index (κ2) is 3.46. The molecule has 3 rings (SSSR count). The topological polar surface area (TPSA) is 25.8 Å². The quantitative estimate of drug-likeness (QED) is 0.679. The SMILES string of the molecule is Clc1ccc2nc3c(nc2c1)CCCC3. The van der Waals surface area contributed by atoms with Crippen molar-refractivity contribution in [2.75, 3.05) is 0 Å². The third kappa shape index (κ3) is 1.59. The molecule has 0 spiro atoms. The fourth-order valence-electron chi connectivity index (χ4n) is 2.09. The molecule has 0 aliphatic heterocycles. The molecule has 2 aromatic rings. The highest BCUT2D eigenvalue weighted by atomic mass is 35.5. The molecule has 0 saturated heterocycles. The molecule has 0 amide bonds. The standard InChI is InChI=1S/C12H11ClN2/c13-8-5-6-11-12(7-8)15-10-4-2-1-3-9(10)14-11/h5-7H,1-4H2. The van der Waals surface area contributed by atoms with Gasteiger partial charge in [-0.3, -0.25) is 0 Å². The number of halogens is 1. The van der Waals surface area contributed by atoms with Crippen LogP contribution in [-0.2, 0) is 12.8 Å². The average Bonchev–Trinajstić information content (AvgIpc) is 2.26. The first-order valence-corrected chi connectivity index (χ1v) is 5.66. The van der Waals surface area contributed by atoms with Gasteiger partial charge in [-0.15, -0.1) is 0 Å². The Hall–Kier alpha value is -1.15. The van der Waals surface area contributed by atoms with Crippen molar-refractivity contribution in [3.8, 4) is 0 Å². The molecule has 0 bridgehead atoms. The van der Waals surface area contributed by atoms with Crippen molar-refractivity contribution in [1.29, 1.82) is 0 Å². The van der Waals surface area contributed by atoms with Crippen LogP contribution in [0.25, 0.3) is 11.0 Å². The van der Waals surface area contributed by atoms with Crippen molar-refractivity contribution < 1.29 is 0 Å². The lowest BCUT2D eigenvalue weighted by Gasteiger charge is -2.14. The first kappa shape index (κ1) is 9.10. The smallest absolute Gasteiger partial charge is 0.0905 e. The summed E-state index contributed by atoms with van der Waals surface area (Å²) in [7, 11) is 0. The van der Waals surface area contributed by atoms with Gasteiger partial charge >= 0.3 is 0 Å². The minimum Gasteiger partial charge on any atom is -0.249 e. The molecule has 76 valence electrons. The fraction of sp³-hybridized carbons (Fsp3) is 0.333. The van der Waals surface area contributed by atoms with Crippen LogP contribution in [0, 0.1) is 0 Å². The van der Waals surface area contributed by atoms with E-state index in [0.717, 1.165) is 34.6 Å². The second-order valence-corrected chi connectivity index (χ2v) is 4.39. The van der Waals surface area contributed by atoms with E-state index in [9.17, 15) is 0 Å². The summed E-state index contributed by atoms with van der Waals surface area (Å²) >= 11 is 5.93. The van der Waals surface area contributed by atoms with E-state index in [4.69, 9.17) is 11.6 Å². The molecule has 0 saturated carbocycles. The molecule has 0 fully saturated rings. The van der Waals surface area contributed by atoms with Gasteiger partial charge in [0.1, 0.15) is 0 Å². The molecule has 15 heavy (non-hydrogen) atoms. The van der Waals surface area contributed by atoms with Gasteiger partial charge in [0.2, 0.25) is 0 Å². The molecule has 1 aliphatic rings. The number of aromatic nitrogens is 2. The number of benzene rings is 1. The van der Waals surface area contributed by atoms with Gasteiger partial charge in [0, 0.05) is 5.02 Å². The zero-order chi connectivity index (χ0) is 10.3. The lowest BCUT2D eigenvalue weighted by Crippen LogP contribution is -2.07. The van der Waals surface area contributed by atoms with Gasteiger partial charge in [-0.25, -0.2) is 9.97 Å². The molecule has 0 radical (unpaired) electrons. The van der Waals surface area contributed by atoms with E-state index in [0.29, 0.717) is 0 Å². The van der Waals surface area contributed by atoms with E-state index in [1.807, 2.05) is 18.2 Å². The summed E-state index contributed by atoms with van der Waals surface area (Å²) in [6.45, 7) is 0. The Balaban J connectivity index is 2.26. The van der Waals surface area contributed by atoms with E-state index < -0.39 is 0 Å². The van der Waals surface area contributed by atoms with Gasteiger partial charge in [0.05, 0.1) is 22.4 Å². The molecular formula is C12H11ClN2.